The van der Waals surface area contributed by atoms with Gasteiger partial charge in [-0.15, -0.1) is 0 Å². The number of hydrogen-bond donors (Lipinski definition) is 2. The van der Waals surface area contributed by atoms with Crippen molar-refractivity contribution >= 4 is 11.8 Å². The summed E-state index contributed by atoms with van der Waals surface area (Å²) >= 11 is 0. The smallest absolute Gasteiger partial charge is 0.262 e. The first kappa shape index (κ1) is 18.3. The first-order valence-electron chi connectivity index (χ1n) is 8.70. The van der Waals surface area contributed by atoms with Crippen molar-refractivity contribution in [2.24, 2.45) is 11.7 Å². The Bertz CT molecular complexity index is 592. The van der Waals surface area contributed by atoms with Gasteiger partial charge in [0.2, 0.25) is 5.91 Å². The average Bonchev–Trinajstić information content (AvgIpc) is 2.54. The van der Waals surface area contributed by atoms with Gasteiger partial charge in [-0.1, -0.05) is 51.3 Å². The predicted octanol–water partition coefficient (Wildman–Crippen LogP) is 2.70. The van der Waals surface area contributed by atoms with Crippen LogP contribution in [0.3, 0.4) is 0 Å². The maximum absolute atomic E-state index is 12.8. The number of para-hydroxylation sites is 1. The third-order valence-corrected chi connectivity index (χ3v) is 4.75. The second-order valence-electron chi connectivity index (χ2n) is 7.04. The molecule has 24 heavy (non-hydrogen) atoms. The van der Waals surface area contributed by atoms with Crippen LogP contribution in [-0.4, -0.2) is 23.5 Å². The lowest BCUT2D eigenvalue weighted by molar-refractivity contribution is -0.138. The fourth-order valence-corrected chi connectivity index (χ4v) is 3.21. The van der Waals surface area contributed by atoms with Crippen LogP contribution in [0.4, 0.5) is 0 Å². The Kier molecular flexibility index (Phi) is 5.86. The van der Waals surface area contributed by atoms with E-state index in [0.29, 0.717) is 18.6 Å². The molecule has 0 aromatic heterocycles. The number of carbonyl (C=O) groups excluding carboxylic acids is 2. The molecule has 0 unspecified atom stereocenters. The maximum atomic E-state index is 12.8. The number of hydrogen-bond acceptors (Lipinski definition) is 3. The summed E-state index contributed by atoms with van der Waals surface area (Å²) in [7, 11) is 0. The minimum Gasteiger partial charge on any atom is -0.480 e. The van der Waals surface area contributed by atoms with E-state index in [1.54, 1.807) is 0 Å². The highest BCUT2D eigenvalue weighted by atomic mass is 16.5. The largest absolute Gasteiger partial charge is 0.480 e. The number of amides is 2. The van der Waals surface area contributed by atoms with Gasteiger partial charge in [-0.25, -0.2) is 0 Å². The van der Waals surface area contributed by atoms with Crippen LogP contribution < -0.4 is 15.8 Å². The fourth-order valence-electron chi connectivity index (χ4n) is 3.21. The minimum absolute atomic E-state index is 0.0295. The van der Waals surface area contributed by atoms with E-state index in [1.807, 2.05) is 45.0 Å². The molecule has 132 valence electrons. The molecule has 0 radical (unpaired) electrons. The van der Waals surface area contributed by atoms with Crippen molar-refractivity contribution in [1.82, 2.24) is 5.32 Å². The quantitative estimate of drug-likeness (QED) is 0.840. The molecule has 1 aliphatic carbocycles. The van der Waals surface area contributed by atoms with Crippen molar-refractivity contribution in [2.75, 3.05) is 0 Å². The summed E-state index contributed by atoms with van der Waals surface area (Å²) in [6.07, 6.45) is 3.40. The van der Waals surface area contributed by atoms with E-state index in [2.05, 4.69) is 5.32 Å². The lowest BCUT2D eigenvalue weighted by atomic mass is 9.80. The third-order valence-electron chi connectivity index (χ3n) is 4.75. The first-order valence-corrected chi connectivity index (χ1v) is 8.70. The van der Waals surface area contributed by atoms with Gasteiger partial charge < -0.3 is 15.8 Å². The van der Waals surface area contributed by atoms with Crippen molar-refractivity contribution < 1.29 is 14.3 Å². The van der Waals surface area contributed by atoms with Crippen LogP contribution in [0, 0.1) is 12.8 Å². The Morgan fingerprint density at radius 1 is 1.17 bits per heavy atom. The lowest BCUT2D eigenvalue weighted by Crippen LogP contribution is -2.61. The molecule has 1 saturated carbocycles. The van der Waals surface area contributed by atoms with Crippen molar-refractivity contribution in [3.8, 4) is 5.75 Å². The Morgan fingerprint density at radius 2 is 1.79 bits per heavy atom. The Labute approximate surface area is 143 Å². The highest BCUT2D eigenvalue weighted by molar-refractivity contribution is 5.92. The van der Waals surface area contributed by atoms with Crippen LogP contribution in [0.5, 0.6) is 5.75 Å². The molecule has 1 aromatic carbocycles. The second-order valence-corrected chi connectivity index (χ2v) is 7.04. The van der Waals surface area contributed by atoms with E-state index in [4.69, 9.17) is 10.5 Å². The fraction of sp³-hybridized carbons (Fsp3) is 0.579. The van der Waals surface area contributed by atoms with Crippen LogP contribution >= 0.6 is 0 Å². The van der Waals surface area contributed by atoms with Gasteiger partial charge in [-0.05, 0) is 37.3 Å². The molecule has 1 aromatic rings. The highest BCUT2D eigenvalue weighted by Crippen LogP contribution is 2.29. The molecule has 1 fully saturated rings. The van der Waals surface area contributed by atoms with Crippen molar-refractivity contribution in [2.45, 2.75) is 64.5 Å². The van der Waals surface area contributed by atoms with Gasteiger partial charge in [0.05, 0.1) is 0 Å². The molecule has 0 saturated heterocycles. The zero-order valence-corrected chi connectivity index (χ0v) is 14.8. The first-order chi connectivity index (χ1) is 11.4. The lowest BCUT2D eigenvalue weighted by Gasteiger charge is -2.36. The highest BCUT2D eigenvalue weighted by Gasteiger charge is 2.41. The molecule has 0 bridgehead atoms. The number of nitrogens with one attached hydrogen (secondary N) is 1. The number of nitrogens with two attached hydrogens (primary N) is 1. The summed E-state index contributed by atoms with van der Waals surface area (Å²) in [5.74, 6) is -0.0656. The zero-order valence-electron chi connectivity index (χ0n) is 14.8. The van der Waals surface area contributed by atoms with Gasteiger partial charge in [-0.3, -0.25) is 9.59 Å². The molecule has 0 spiro atoms. The summed E-state index contributed by atoms with van der Waals surface area (Å²) in [6.45, 7) is 5.80. The molecule has 0 aliphatic heterocycles. The number of carbonyl (C=O) groups is 2. The van der Waals surface area contributed by atoms with Crippen molar-refractivity contribution in [3.63, 3.8) is 0 Å². The average molecular weight is 332 g/mol. The monoisotopic (exact) mass is 332 g/mol. The molecule has 1 aliphatic rings. The zero-order chi connectivity index (χ0) is 17.7. The van der Waals surface area contributed by atoms with Crippen molar-refractivity contribution in [3.05, 3.63) is 29.8 Å². The molecule has 5 nitrogen and oxygen atoms in total. The number of benzene rings is 1. The SMILES string of the molecule is Cc1ccccc1O[C@@H](C(=O)NC1(C(N)=O)CCCCC1)C(C)C. The van der Waals surface area contributed by atoms with Crippen molar-refractivity contribution in [1.29, 1.82) is 0 Å². The van der Waals surface area contributed by atoms with Gasteiger partial charge in [0.25, 0.3) is 5.91 Å². The molecule has 0 heterocycles. The summed E-state index contributed by atoms with van der Waals surface area (Å²) in [5, 5.41) is 2.91. The van der Waals surface area contributed by atoms with E-state index < -0.39 is 17.6 Å². The molecule has 1 atom stereocenters. The Morgan fingerprint density at radius 3 is 2.33 bits per heavy atom. The van der Waals surface area contributed by atoms with Crippen LogP contribution in [0.1, 0.15) is 51.5 Å². The predicted molar refractivity (Wildman–Crippen MR) is 93.6 cm³/mol. The van der Waals surface area contributed by atoms with Gasteiger partial charge in [0.15, 0.2) is 6.10 Å². The topological polar surface area (TPSA) is 81.4 Å². The number of aryl methyl sites for hydroxylation is 1. The Balaban J connectivity index is 2.16. The van der Waals surface area contributed by atoms with E-state index in [9.17, 15) is 9.59 Å². The molecule has 3 N–H and O–H groups in total. The van der Waals surface area contributed by atoms with Gasteiger partial charge >= 0.3 is 0 Å². The number of rotatable bonds is 6. The van der Waals surface area contributed by atoms with E-state index >= 15 is 0 Å². The van der Waals surface area contributed by atoms with Gasteiger partial charge in [-0.2, -0.15) is 0 Å². The van der Waals surface area contributed by atoms with Crippen LogP contribution in [0.15, 0.2) is 24.3 Å². The molecule has 2 rings (SSSR count). The molecular formula is C19H28N2O3. The van der Waals surface area contributed by atoms with Crippen LogP contribution in [0.2, 0.25) is 0 Å². The van der Waals surface area contributed by atoms with E-state index in [1.165, 1.54) is 0 Å². The standard InChI is InChI=1S/C19H28N2O3/c1-13(2)16(24-15-10-6-5-9-14(15)3)17(22)21-19(18(20)23)11-7-4-8-12-19/h5-6,9-10,13,16H,4,7-8,11-12H2,1-3H3,(H2,20,23)(H,21,22)/t16-/m1/s1. The minimum atomic E-state index is -0.933. The van der Waals surface area contributed by atoms with Gasteiger partial charge in [0.1, 0.15) is 11.3 Å². The molecular weight excluding hydrogens is 304 g/mol. The molecule has 2 amide bonds. The Hall–Kier alpha value is -2.04. The van der Waals surface area contributed by atoms with E-state index in [0.717, 1.165) is 24.8 Å². The summed E-state index contributed by atoms with van der Waals surface area (Å²) in [5.41, 5.74) is 5.65. The van der Waals surface area contributed by atoms with Crippen LogP contribution in [0.25, 0.3) is 0 Å². The summed E-state index contributed by atoms with van der Waals surface area (Å²) in [4.78, 5) is 24.8. The second kappa shape index (κ2) is 7.69. The normalized spacial score (nSPS) is 18.0. The molecule has 5 heteroatoms. The maximum Gasteiger partial charge on any atom is 0.262 e. The van der Waals surface area contributed by atoms with E-state index in [-0.39, 0.29) is 11.8 Å². The summed E-state index contributed by atoms with van der Waals surface area (Å²) < 4.78 is 5.97. The summed E-state index contributed by atoms with van der Waals surface area (Å²) in [6, 6.07) is 7.60. The number of primary amides is 1. The number of ether oxygens (including phenoxy) is 1. The van der Waals surface area contributed by atoms with Gasteiger partial charge in [0, 0.05) is 0 Å². The third kappa shape index (κ3) is 4.08. The van der Waals surface area contributed by atoms with Crippen LogP contribution in [-0.2, 0) is 9.59 Å².